The van der Waals surface area contributed by atoms with Crippen molar-refractivity contribution in [2.45, 2.75) is 38.1 Å². The normalized spacial score (nSPS) is 15.0. The molecule has 1 N–H and O–H groups in total. The highest BCUT2D eigenvalue weighted by Crippen LogP contribution is 2.21. The highest BCUT2D eigenvalue weighted by molar-refractivity contribution is 5.94. The minimum absolute atomic E-state index is 0.0335. The molecule has 6 heteroatoms. The van der Waals surface area contributed by atoms with Gasteiger partial charge in [0.2, 0.25) is 11.8 Å². The van der Waals surface area contributed by atoms with E-state index < -0.39 is 0 Å². The van der Waals surface area contributed by atoms with Crippen molar-refractivity contribution in [1.29, 1.82) is 0 Å². The van der Waals surface area contributed by atoms with Crippen LogP contribution in [0.3, 0.4) is 0 Å². The molecule has 0 atom stereocenters. The van der Waals surface area contributed by atoms with Crippen LogP contribution in [0.15, 0.2) is 24.3 Å². The molecule has 0 spiro atoms. The molecular weight excluding hydrogens is 318 g/mol. The molecule has 1 aliphatic carbocycles. The summed E-state index contributed by atoms with van der Waals surface area (Å²) in [5, 5.41) is 2.79. The molecule has 0 saturated heterocycles. The number of nitrogens with zero attached hydrogens (tertiary/aromatic N) is 2. The van der Waals surface area contributed by atoms with Crippen LogP contribution >= 0.6 is 0 Å². The minimum atomic E-state index is -0.218. The molecule has 0 aliphatic heterocycles. The predicted octanol–water partition coefficient (Wildman–Crippen LogP) is 2.36. The third-order valence-electron chi connectivity index (χ3n) is 4.74. The van der Waals surface area contributed by atoms with Gasteiger partial charge in [0.25, 0.3) is 0 Å². The Hall–Kier alpha value is -2.08. The summed E-state index contributed by atoms with van der Waals surface area (Å²) in [4.78, 5) is 28.1. The number of ether oxygens (including phenoxy) is 1. The fourth-order valence-corrected chi connectivity index (χ4v) is 3.19. The minimum Gasteiger partial charge on any atom is -0.497 e. The SMILES string of the molecule is COc1cccc(NC(=O)CN(C)C(=O)CN(C)C2CCCCC2)c1. The number of amides is 2. The Kier molecular flexibility index (Phi) is 7.25. The number of likely N-dealkylation sites (N-methyl/N-ethyl adjacent to an activating group) is 2. The van der Waals surface area contributed by atoms with Crippen LogP contribution in [0, 0.1) is 0 Å². The average Bonchev–Trinajstić information content (AvgIpc) is 2.62. The zero-order valence-corrected chi connectivity index (χ0v) is 15.5. The van der Waals surface area contributed by atoms with E-state index in [0.717, 1.165) is 12.8 Å². The largest absolute Gasteiger partial charge is 0.497 e. The molecule has 2 rings (SSSR count). The van der Waals surface area contributed by atoms with E-state index in [1.54, 1.807) is 26.3 Å². The highest BCUT2D eigenvalue weighted by Gasteiger charge is 2.22. The Balaban J connectivity index is 1.79. The van der Waals surface area contributed by atoms with Crippen LogP contribution in [0.2, 0.25) is 0 Å². The van der Waals surface area contributed by atoms with Gasteiger partial charge in [-0.05, 0) is 32.0 Å². The van der Waals surface area contributed by atoms with Crippen molar-refractivity contribution in [3.05, 3.63) is 24.3 Å². The number of nitrogens with one attached hydrogen (secondary N) is 1. The average molecular weight is 347 g/mol. The van der Waals surface area contributed by atoms with Crippen molar-refractivity contribution in [3.63, 3.8) is 0 Å². The summed E-state index contributed by atoms with van der Waals surface area (Å²) in [6.45, 7) is 0.391. The maximum absolute atomic E-state index is 12.4. The second kappa shape index (κ2) is 9.42. The summed E-state index contributed by atoms with van der Waals surface area (Å²) in [6, 6.07) is 7.64. The molecular formula is C19H29N3O3. The summed E-state index contributed by atoms with van der Waals surface area (Å²) in [7, 11) is 5.25. The van der Waals surface area contributed by atoms with E-state index in [9.17, 15) is 9.59 Å². The van der Waals surface area contributed by atoms with Gasteiger partial charge in [-0.25, -0.2) is 0 Å². The molecule has 1 aliphatic rings. The summed E-state index contributed by atoms with van der Waals surface area (Å²) >= 11 is 0. The molecule has 2 amide bonds. The number of hydrogen-bond donors (Lipinski definition) is 1. The quantitative estimate of drug-likeness (QED) is 0.822. The monoisotopic (exact) mass is 347 g/mol. The number of carbonyl (C=O) groups is 2. The Labute approximate surface area is 150 Å². The third kappa shape index (κ3) is 6.05. The van der Waals surface area contributed by atoms with Crippen LogP contribution in [-0.2, 0) is 9.59 Å². The Morgan fingerprint density at radius 3 is 2.56 bits per heavy atom. The zero-order valence-electron chi connectivity index (χ0n) is 15.5. The molecule has 138 valence electrons. The van der Waals surface area contributed by atoms with Crippen molar-refractivity contribution in [3.8, 4) is 5.75 Å². The van der Waals surface area contributed by atoms with Gasteiger partial charge in [0.15, 0.2) is 0 Å². The van der Waals surface area contributed by atoms with Gasteiger partial charge in [-0.15, -0.1) is 0 Å². The first-order chi connectivity index (χ1) is 12.0. The first-order valence-electron chi connectivity index (χ1n) is 8.87. The van der Waals surface area contributed by atoms with Gasteiger partial charge in [0.05, 0.1) is 20.2 Å². The lowest BCUT2D eigenvalue weighted by atomic mass is 9.94. The summed E-state index contributed by atoms with van der Waals surface area (Å²) in [6.07, 6.45) is 6.08. The van der Waals surface area contributed by atoms with E-state index in [1.807, 2.05) is 19.2 Å². The standard InChI is InChI=1S/C19H29N3O3/c1-21(16-9-5-4-6-10-16)14-19(24)22(2)13-18(23)20-15-8-7-11-17(12-15)25-3/h7-8,11-12,16H,4-6,9-10,13-14H2,1-3H3,(H,20,23). The van der Waals surface area contributed by atoms with Crippen LogP contribution in [0.5, 0.6) is 5.75 Å². The highest BCUT2D eigenvalue weighted by atomic mass is 16.5. The smallest absolute Gasteiger partial charge is 0.243 e. The maximum Gasteiger partial charge on any atom is 0.243 e. The molecule has 25 heavy (non-hydrogen) atoms. The van der Waals surface area contributed by atoms with Crippen LogP contribution < -0.4 is 10.1 Å². The second-order valence-corrected chi connectivity index (χ2v) is 6.74. The summed E-state index contributed by atoms with van der Waals surface area (Å²) in [5.41, 5.74) is 0.657. The van der Waals surface area contributed by atoms with Crippen molar-refractivity contribution >= 4 is 17.5 Å². The molecule has 0 aromatic heterocycles. The fraction of sp³-hybridized carbons (Fsp3) is 0.579. The number of hydrogen-bond acceptors (Lipinski definition) is 4. The number of anilines is 1. The molecule has 1 fully saturated rings. The zero-order chi connectivity index (χ0) is 18.2. The maximum atomic E-state index is 12.4. The van der Waals surface area contributed by atoms with Gasteiger partial charge < -0.3 is 15.0 Å². The lowest BCUT2D eigenvalue weighted by Gasteiger charge is -2.31. The molecule has 0 unspecified atom stereocenters. The molecule has 0 bridgehead atoms. The van der Waals surface area contributed by atoms with E-state index in [0.29, 0.717) is 24.0 Å². The third-order valence-corrected chi connectivity index (χ3v) is 4.74. The van der Waals surface area contributed by atoms with Gasteiger partial charge in [-0.1, -0.05) is 25.3 Å². The molecule has 6 nitrogen and oxygen atoms in total. The fourth-order valence-electron chi connectivity index (χ4n) is 3.19. The van der Waals surface area contributed by atoms with Crippen molar-refractivity contribution < 1.29 is 14.3 Å². The predicted molar refractivity (Wildman–Crippen MR) is 98.8 cm³/mol. The number of rotatable bonds is 7. The first kappa shape index (κ1) is 19.2. The number of carbonyl (C=O) groups excluding carboxylic acids is 2. The van der Waals surface area contributed by atoms with Crippen molar-refractivity contribution in [2.24, 2.45) is 0 Å². The van der Waals surface area contributed by atoms with Crippen molar-refractivity contribution in [2.75, 3.05) is 39.6 Å². The van der Waals surface area contributed by atoms with Crippen molar-refractivity contribution in [1.82, 2.24) is 9.80 Å². The van der Waals surface area contributed by atoms with E-state index in [-0.39, 0.29) is 18.4 Å². The van der Waals surface area contributed by atoms with Crippen LogP contribution in [0.25, 0.3) is 0 Å². The topological polar surface area (TPSA) is 61.9 Å². The van der Waals surface area contributed by atoms with Gasteiger partial charge in [-0.2, -0.15) is 0 Å². The van der Waals surface area contributed by atoms with Gasteiger partial charge >= 0.3 is 0 Å². The Morgan fingerprint density at radius 1 is 1.16 bits per heavy atom. The molecule has 1 aromatic rings. The van der Waals surface area contributed by atoms with Gasteiger partial charge in [0.1, 0.15) is 5.75 Å². The number of methoxy groups -OCH3 is 1. The van der Waals surface area contributed by atoms with E-state index >= 15 is 0 Å². The number of benzene rings is 1. The Morgan fingerprint density at radius 2 is 1.88 bits per heavy atom. The molecule has 0 heterocycles. The summed E-state index contributed by atoms with van der Waals surface area (Å²) < 4.78 is 5.14. The van der Waals surface area contributed by atoms with Gasteiger partial charge in [-0.3, -0.25) is 14.5 Å². The van der Waals surface area contributed by atoms with Crippen LogP contribution in [0.1, 0.15) is 32.1 Å². The van der Waals surface area contributed by atoms with Crippen LogP contribution in [0.4, 0.5) is 5.69 Å². The first-order valence-corrected chi connectivity index (χ1v) is 8.87. The molecule has 1 aromatic carbocycles. The van der Waals surface area contributed by atoms with E-state index in [2.05, 4.69) is 10.2 Å². The molecule has 0 radical (unpaired) electrons. The van der Waals surface area contributed by atoms with E-state index in [4.69, 9.17) is 4.74 Å². The van der Waals surface area contributed by atoms with Crippen LogP contribution in [-0.4, -0.2) is 62.0 Å². The van der Waals surface area contributed by atoms with Gasteiger partial charge in [0, 0.05) is 24.8 Å². The summed E-state index contributed by atoms with van der Waals surface area (Å²) in [5.74, 6) is 0.426. The lowest BCUT2D eigenvalue weighted by Crippen LogP contribution is -2.44. The van der Waals surface area contributed by atoms with E-state index in [1.165, 1.54) is 24.2 Å². The Bertz CT molecular complexity index is 585. The second-order valence-electron chi connectivity index (χ2n) is 6.74. The molecule has 1 saturated carbocycles. The lowest BCUT2D eigenvalue weighted by molar-refractivity contribution is -0.134.